The molecular weight excluding hydrogens is 302 g/mol. The van der Waals surface area contributed by atoms with E-state index >= 15 is 0 Å². The highest BCUT2D eigenvalue weighted by molar-refractivity contribution is 7.18. The summed E-state index contributed by atoms with van der Waals surface area (Å²) >= 11 is 6.90. The number of thiophene rings is 1. The van der Waals surface area contributed by atoms with E-state index < -0.39 is 4.92 Å². The van der Waals surface area contributed by atoms with E-state index in [1.807, 2.05) is 0 Å². The molecule has 20 heavy (non-hydrogen) atoms. The number of nitro benzene ring substituents is 1. The first kappa shape index (κ1) is 14.5. The molecule has 0 radical (unpaired) electrons. The first-order valence-corrected chi connectivity index (χ1v) is 6.84. The predicted octanol–water partition coefficient (Wildman–Crippen LogP) is 3.88. The monoisotopic (exact) mass is 311 g/mol. The number of nitro groups is 1. The molecule has 0 aliphatic rings. The van der Waals surface area contributed by atoms with E-state index in [0.717, 1.165) is 11.3 Å². The molecule has 2 rings (SSSR count). The Bertz CT molecular complexity index is 668. The van der Waals surface area contributed by atoms with Gasteiger partial charge in [0.25, 0.3) is 0 Å². The molecule has 5 nitrogen and oxygen atoms in total. The van der Waals surface area contributed by atoms with Crippen molar-refractivity contribution in [3.63, 3.8) is 0 Å². The van der Waals surface area contributed by atoms with Crippen LogP contribution in [0.4, 0.5) is 5.69 Å². The second kappa shape index (κ2) is 6.02. The van der Waals surface area contributed by atoms with Gasteiger partial charge in [0.2, 0.25) is 11.5 Å². The van der Waals surface area contributed by atoms with Crippen LogP contribution >= 0.6 is 22.9 Å². The topological polar surface area (TPSA) is 69.4 Å². The lowest BCUT2D eigenvalue weighted by Gasteiger charge is -2.08. The Labute approximate surface area is 123 Å². The number of hydrogen-bond acceptors (Lipinski definition) is 5. The molecule has 1 heterocycles. The zero-order valence-corrected chi connectivity index (χ0v) is 12.0. The number of aryl methyl sites for hydroxylation is 1. The van der Waals surface area contributed by atoms with Crippen LogP contribution in [0.2, 0.25) is 4.34 Å². The van der Waals surface area contributed by atoms with Gasteiger partial charge in [0, 0.05) is 6.07 Å². The Balaban J connectivity index is 2.15. The van der Waals surface area contributed by atoms with Crippen molar-refractivity contribution >= 4 is 34.4 Å². The largest absolute Gasteiger partial charge is 0.478 e. The van der Waals surface area contributed by atoms with Crippen LogP contribution in [-0.4, -0.2) is 17.3 Å². The van der Waals surface area contributed by atoms with Gasteiger partial charge >= 0.3 is 5.69 Å². The number of rotatable bonds is 5. The summed E-state index contributed by atoms with van der Waals surface area (Å²) in [5.41, 5.74) is 0.457. The van der Waals surface area contributed by atoms with E-state index in [9.17, 15) is 14.9 Å². The molecule has 104 valence electrons. The fourth-order valence-corrected chi connectivity index (χ4v) is 2.61. The van der Waals surface area contributed by atoms with Crippen LogP contribution in [0.3, 0.4) is 0 Å². The van der Waals surface area contributed by atoms with Crippen molar-refractivity contribution in [1.29, 1.82) is 0 Å². The minimum absolute atomic E-state index is 0.119. The third-order valence-electron chi connectivity index (χ3n) is 2.58. The summed E-state index contributed by atoms with van der Waals surface area (Å²) in [4.78, 5) is 22.7. The molecule has 2 aromatic rings. The van der Waals surface area contributed by atoms with Gasteiger partial charge in [-0.3, -0.25) is 14.9 Å². The van der Waals surface area contributed by atoms with Gasteiger partial charge in [0.15, 0.2) is 6.61 Å². The van der Waals surface area contributed by atoms with E-state index in [0.29, 0.717) is 14.8 Å². The minimum Gasteiger partial charge on any atom is -0.478 e. The van der Waals surface area contributed by atoms with Gasteiger partial charge < -0.3 is 4.74 Å². The highest BCUT2D eigenvalue weighted by atomic mass is 35.5. The molecule has 0 fully saturated rings. The zero-order chi connectivity index (χ0) is 14.7. The third kappa shape index (κ3) is 3.15. The van der Waals surface area contributed by atoms with Gasteiger partial charge in [0.05, 0.1) is 14.1 Å². The standard InChI is InChI=1S/C13H10ClNO4S/c1-8-3-2-4-9(15(17)18)13(8)19-7-10(16)11-5-6-12(14)20-11/h2-6H,7H2,1H3. The quantitative estimate of drug-likeness (QED) is 0.477. The van der Waals surface area contributed by atoms with E-state index in [-0.39, 0.29) is 23.8 Å². The fraction of sp³-hybridized carbons (Fsp3) is 0.154. The van der Waals surface area contributed by atoms with Crippen LogP contribution in [0.5, 0.6) is 5.75 Å². The summed E-state index contributed by atoms with van der Waals surface area (Å²) in [6, 6.07) is 7.82. The Kier molecular flexibility index (Phi) is 4.36. The van der Waals surface area contributed by atoms with Crippen LogP contribution in [0.25, 0.3) is 0 Å². The maximum atomic E-state index is 11.9. The van der Waals surface area contributed by atoms with E-state index in [1.54, 1.807) is 31.2 Å². The third-order valence-corrected chi connectivity index (χ3v) is 3.86. The van der Waals surface area contributed by atoms with Gasteiger partial charge in [-0.25, -0.2) is 0 Å². The molecule has 1 aromatic carbocycles. The van der Waals surface area contributed by atoms with Gasteiger partial charge in [-0.15, -0.1) is 11.3 Å². The fourth-order valence-electron chi connectivity index (χ4n) is 1.64. The number of Topliss-reactive ketones (excluding diaryl/α,β-unsaturated/α-hetero) is 1. The molecule has 0 spiro atoms. The maximum absolute atomic E-state index is 11.9. The maximum Gasteiger partial charge on any atom is 0.311 e. The molecule has 0 saturated carbocycles. The summed E-state index contributed by atoms with van der Waals surface area (Å²) in [5.74, 6) is -0.145. The van der Waals surface area contributed by atoms with Crippen LogP contribution < -0.4 is 4.74 Å². The van der Waals surface area contributed by atoms with Crippen LogP contribution in [-0.2, 0) is 0 Å². The number of benzene rings is 1. The van der Waals surface area contributed by atoms with Crippen molar-refractivity contribution in [3.8, 4) is 5.75 Å². The molecule has 1 aromatic heterocycles. The summed E-state index contributed by atoms with van der Waals surface area (Å²) in [7, 11) is 0. The molecular formula is C13H10ClNO4S. The lowest BCUT2D eigenvalue weighted by Crippen LogP contribution is -2.11. The van der Waals surface area contributed by atoms with Crippen molar-refractivity contribution in [1.82, 2.24) is 0 Å². The molecule has 0 aliphatic heterocycles. The van der Waals surface area contributed by atoms with Gasteiger partial charge in [-0.2, -0.15) is 0 Å². The molecule has 0 atom stereocenters. The predicted molar refractivity (Wildman–Crippen MR) is 77.0 cm³/mol. The Hall–Kier alpha value is -1.92. The summed E-state index contributed by atoms with van der Waals surface area (Å²) < 4.78 is 5.84. The average molecular weight is 312 g/mol. The smallest absolute Gasteiger partial charge is 0.311 e. The van der Waals surface area contributed by atoms with E-state index in [1.165, 1.54) is 6.07 Å². The highest BCUT2D eigenvalue weighted by Crippen LogP contribution is 2.30. The Morgan fingerprint density at radius 1 is 1.40 bits per heavy atom. The molecule has 0 bridgehead atoms. The van der Waals surface area contributed by atoms with E-state index in [2.05, 4.69) is 0 Å². The van der Waals surface area contributed by atoms with Crippen LogP contribution in [0.1, 0.15) is 15.2 Å². The molecule has 0 saturated heterocycles. The number of carbonyl (C=O) groups excluding carboxylic acids is 1. The van der Waals surface area contributed by atoms with Gasteiger partial charge in [-0.05, 0) is 24.6 Å². The van der Waals surface area contributed by atoms with Crippen molar-refractivity contribution in [2.75, 3.05) is 6.61 Å². The number of ether oxygens (including phenoxy) is 1. The number of hydrogen-bond donors (Lipinski definition) is 0. The molecule has 0 N–H and O–H groups in total. The lowest BCUT2D eigenvalue weighted by molar-refractivity contribution is -0.385. The van der Waals surface area contributed by atoms with Crippen molar-refractivity contribution in [2.24, 2.45) is 0 Å². The van der Waals surface area contributed by atoms with Gasteiger partial charge in [0.1, 0.15) is 0 Å². The second-order valence-electron chi connectivity index (χ2n) is 4.00. The van der Waals surface area contributed by atoms with Crippen molar-refractivity contribution in [2.45, 2.75) is 6.92 Å². The number of carbonyl (C=O) groups is 1. The summed E-state index contributed by atoms with van der Waals surface area (Å²) in [6.45, 7) is 1.43. The lowest BCUT2D eigenvalue weighted by atomic mass is 10.2. The zero-order valence-electron chi connectivity index (χ0n) is 10.5. The number of ketones is 1. The van der Waals surface area contributed by atoms with E-state index in [4.69, 9.17) is 16.3 Å². The number of nitrogens with zero attached hydrogens (tertiary/aromatic N) is 1. The van der Waals surface area contributed by atoms with Crippen LogP contribution in [0, 0.1) is 17.0 Å². The first-order chi connectivity index (χ1) is 9.49. The Morgan fingerprint density at radius 3 is 2.75 bits per heavy atom. The molecule has 0 aliphatic carbocycles. The average Bonchev–Trinajstić information content (AvgIpc) is 2.83. The SMILES string of the molecule is Cc1cccc([N+](=O)[O-])c1OCC(=O)c1ccc(Cl)s1. The van der Waals surface area contributed by atoms with Crippen molar-refractivity contribution in [3.05, 3.63) is 55.2 Å². The number of para-hydroxylation sites is 1. The normalized spacial score (nSPS) is 10.3. The first-order valence-electron chi connectivity index (χ1n) is 5.64. The van der Waals surface area contributed by atoms with Crippen LogP contribution in [0.15, 0.2) is 30.3 Å². The Morgan fingerprint density at radius 2 is 2.15 bits per heavy atom. The summed E-state index contributed by atoms with van der Waals surface area (Å²) in [5, 5.41) is 10.9. The summed E-state index contributed by atoms with van der Waals surface area (Å²) in [6.07, 6.45) is 0. The van der Waals surface area contributed by atoms with Gasteiger partial charge in [-0.1, -0.05) is 23.7 Å². The van der Waals surface area contributed by atoms with Crippen molar-refractivity contribution < 1.29 is 14.5 Å². The highest BCUT2D eigenvalue weighted by Gasteiger charge is 2.19. The molecule has 0 unspecified atom stereocenters. The minimum atomic E-state index is -0.533. The molecule has 7 heteroatoms. The molecule has 0 amide bonds. The number of halogens is 1. The second-order valence-corrected chi connectivity index (χ2v) is 5.71.